The predicted octanol–water partition coefficient (Wildman–Crippen LogP) is 4.98. The Hall–Kier alpha value is -2.88. The molecule has 4 rings (SSSR count). The van der Waals surface area contributed by atoms with Crippen LogP contribution in [0.15, 0.2) is 70.3 Å². The lowest BCUT2D eigenvalue weighted by atomic mass is 9.98. The number of nitrogens with zero attached hydrogens (tertiary/aromatic N) is 1. The van der Waals surface area contributed by atoms with E-state index in [9.17, 15) is 13.2 Å². The van der Waals surface area contributed by atoms with Crippen molar-refractivity contribution in [2.45, 2.75) is 24.0 Å². The molecule has 0 spiro atoms. The summed E-state index contributed by atoms with van der Waals surface area (Å²) in [5.74, 6) is 1.22. The van der Waals surface area contributed by atoms with Crippen molar-refractivity contribution in [3.05, 3.63) is 66.0 Å². The predicted molar refractivity (Wildman–Crippen MR) is 129 cm³/mol. The average Bonchev–Trinajstić information content (AvgIpc) is 3.38. The van der Waals surface area contributed by atoms with Gasteiger partial charge in [-0.05, 0) is 67.6 Å². The van der Waals surface area contributed by atoms with E-state index in [0.29, 0.717) is 47.4 Å². The number of rotatable bonds is 8. The second kappa shape index (κ2) is 10.4. The van der Waals surface area contributed by atoms with Crippen LogP contribution in [0.3, 0.4) is 0 Å². The van der Waals surface area contributed by atoms with Gasteiger partial charge >= 0.3 is 0 Å². The zero-order valence-electron chi connectivity index (χ0n) is 18.3. The first kappa shape index (κ1) is 23.3. The Morgan fingerprint density at radius 1 is 1.09 bits per heavy atom. The van der Waals surface area contributed by atoms with E-state index in [-0.39, 0.29) is 12.5 Å². The number of hydrogen-bond donors (Lipinski definition) is 1. The molecule has 0 bridgehead atoms. The number of nitrogens with one attached hydrogen (secondary N) is 1. The topological polar surface area (TPSA) is 84.9 Å². The van der Waals surface area contributed by atoms with Crippen LogP contribution in [0.2, 0.25) is 0 Å². The van der Waals surface area contributed by atoms with E-state index in [1.807, 2.05) is 31.2 Å². The van der Waals surface area contributed by atoms with Gasteiger partial charge in [-0.2, -0.15) is 4.31 Å². The summed E-state index contributed by atoms with van der Waals surface area (Å²) in [4.78, 5) is 13.0. The van der Waals surface area contributed by atoms with Gasteiger partial charge in [-0.25, -0.2) is 8.42 Å². The standard InChI is InChI=1S/C24H26N2O5S2/c1-2-30-19-11-13-20(14-12-19)31-22-9-4-3-8-21(22)25-24(27)18-7-5-15-26(17-18)33(28,29)23-10-6-16-32-23/h3-4,6,8-14,16,18H,2,5,7,15,17H2,1H3,(H,25,27). The highest BCUT2D eigenvalue weighted by Gasteiger charge is 2.34. The fourth-order valence-corrected chi connectivity index (χ4v) is 6.37. The van der Waals surface area contributed by atoms with Gasteiger partial charge in [-0.3, -0.25) is 4.79 Å². The zero-order valence-corrected chi connectivity index (χ0v) is 19.9. The van der Waals surface area contributed by atoms with Crippen molar-refractivity contribution >= 4 is 33.0 Å². The van der Waals surface area contributed by atoms with Crippen LogP contribution in [0.25, 0.3) is 0 Å². The summed E-state index contributed by atoms with van der Waals surface area (Å²) in [5, 5.41) is 4.67. The lowest BCUT2D eigenvalue weighted by Gasteiger charge is -2.30. The summed E-state index contributed by atoms with van der Waals surface area (Å²) in [6.45, 7) is 3.09. The molecule has 7 nitrogen and oxygen atoms in total. The van der Waals surface area contributed by atoms with Crippen LogP contribution in [0.5, 0.6) is 17.2 Å². The quantitative estimate of drug-likeness (QED) is 0.485. The maximum absolute atomic E-state index is 13.0. The highest BCUT2D eigenvalue weighted by atomic mass is 32.2. The molecule has 1 aliphatic heterocycles. The van der Waals surface area contributed by atoms with Gasteiger partial charge in [0.05, 0.1) is 18.2 Å². The summed E-state index contributed by atoms with van der Waals surface area (Å²) in [7, 11) is -3.58. The number of sulfonamides is 1. The van der Waals surface area contributed by atoms with Gasteiger partial charge in [-0.1, -0.05) is 18.2 Å². The maximum Gasteiger partial charge on any atom is 0.252 e. The van der Waals surface area contributed by atoms with E-state index < -0.39 is 15.9 Å². The van der Waals surface area contributed by atoms with Crippen LogP contribution in [0, 0.1) is 5.92 Å². The van der Waals surface area contributed by atoms with Crippen molar-refractivity contribution in [1.29, 1.82) is 0 Å². The van der Waals surface area contributed by atoms with E-state index in [1.54, 1.807) is 41.8 Å². The van der Waals surface area contributed by atoms with Crippen LogP contribution in [0.4, 0.5) is 5.69 Å². The second-order valence-corrected chi connectivity index (χ2v) is 10.7. The minimum absolute atomic E-state index is 0.161. The Bertz CT molecular complexity index is 1180. The summed E-state index contributed by atoms with van der Waals surface area (Å²) >= 11 is 1.19. The molecule has 1 N–H and O–H groups in total. The third kappa shape index (κ3) is 5.55. The molecule has 1 fully saturated rings. The first-order valence-corrected chi connectivity index (χ1v) is 13.1. The zero-order chi connectivity index (χ0) is 23.3. The third-order valence-corrected chi connectivity index (χ3v) is 8.59. The molecular formula is C24H26N2O5S2. The van der Waals surface area contributed by atoms with E-state index in [2.05, 4.69) is 5.32 Å². The van der Waals surface area contributed by atoms with E-state index in [4.69, 9.17) is 9.47 Å². The van der Waals surface area contributed by atoms with Crippen molar-refractivity contribution in [2.75, 3.05) is 25.0 Å². The smallest absolute Gasteiger partial charge is 0.252 e. The normalized spacial score (nSPS) is 16.8. The van der Waals surface area contributed by atoms with Crippen molar-refractivity contribution in [2.24, 2.45) is 5.92 Å². The van der Waals surface area contributed by atoms with Crippen LogP contribution < -0.4 is 14.8 Å². The average molecular weight is 487 g/mol. The third-order valence-electron chi connectivity index (χ3n) is 5.35. The van der Waals surface area contributed by atoms with Crippen LogP contribution >= 0.6 is 11.3 Å². The summed E-state index contributed by atoms with van der Waals surface area (Å²) < 4.78 is 38.9. The Balaban J connectivity index is 1.44. The molecule has 9 heteroatoms. The van der Waals surface area contributed by atoms with Gasteiger partial charge in [0.25, 0.3) is 10.0 Å². The molecule has 0 radical (unpaired) electrons. The number of anilines is 1. The number of ether oxygens (including phenoxy) is 2. The first-order valence-electron chi connectivity index (χ1n) is 10.8. The van der Waals surface area contributed by atoms with Gasteiger partial charge < -0.3 is 14.8 Å². The van der Waals surface area contributed by atoms with Gasteiger partial charge in [0.15, 0.2) is 5.75 Å². The SMILES string of the molecule is CCOc1ccc(Oc2ccccc2NC(=O)C2CCCN(S(=O)(=O)c3cccs3)C2)cc1. The highest BCUT2D eigenvalue weighted by molar-refractivity contribution is 7.91. The molecule has 1 atom stereocenters. The molecule has 1 saturated heterocycles. The fourth-order valence-electron chi connectivity index (χ4n) is 3.70. The van der Waals surface area contributed by atoms with E-state index >= 15 is 0 Å². The van der Waals surface area contributed by atoms with Crippen LogP contribution in [0.1, 0.15) is 19.8 Å². The monoisotopic (exact) mass is 486 g/mol. The van der Waals surface area contributed by atoms with Gasteiger partial charge in [0.1, 0.15) is 15.7 Å². The number of hydrogen-bond acceptors (Lipinski definition) is 6. The van der Waals surface area contributed by atoms with Crippen molar-refractivity contribution < 1.29 is 22.7 Å². The highest BCUT2D eigenvalue weighted by Crippen LogP contribution is 2.32. The Morgan fingerprint density at radius 2 is 1.85 bits per heavy atom. The summed E-state index contributed by atoms with van der Waals surface area (Å²) in [6, 6.07) is 17.8. The van der Waals surface area contributed by atoms with Crippen molar-refractivity contribution in [3.8, 4) is 17.2 Å². The minimum atomic E-state index is -3.58. The number of benzene rings is 2. The number of carbonyl (C=O) groups excluding carboxylic acids is 1. The molecular weight excluding hydrogens is 460 g/mol. The van der Waals surface area contributed by atoms with Crippen LogP contribution in [-0.4, -0.2) is 38.3 Å². The molecule has 3 aromatic rings. The minimum Gasteiger partial charge on any atom is -0.494 e. The van der Waals surface area contributed by atoms with Crippen molar-refractivity contribution in [3.63, 3.8) is 0 Å². The number of thiophene rings is 1. The molecule has 174 valence electrons. The van der Waals surface area contributed by atoms with Crippen LogP contribution in [-0.2, 0) is 14.8 Å². The summed E-state index contributed by atoms with van der Waals surface area (Å²) in [6.07, 6.45) is 1.26. The summed E-state index contributed by atoms with van der Waals surface area (Å²) in [5.41, 5.74) is 0.537. The van der Waals surface area contributed by atoms with Gasteiger partial charge in [0, 0.05) is 13.1 Å². The lowest BCUT2D eigenvalue weighted by Crippen LogP contribution is -2.43. The number of carbonyl (C=O) groups is 1. The van der Waals surface area contributed by atoms with Gasteiger partial charge in [-0.15, -0.1) is 11.3 Å². The van der Waals surface area contributed by atoms with E-state index in [0.717, 1.165) is 5.75 Å². The van der Waals surface area contributed by atoms with Gasteiger partial charge in [0.2, 0.25) is 5.91 Å². The molecule has 1 amide bonds. The molecule has 1 aliphatic rings. The molecule has 33 heavy (non-hydrogen) atoms. The number of piperidine rings is 1. The Labute approximate surface area is 198 Å². The van der Waals surface area contributed by atoms with E-state index in [1.165, 1.54) is 15.6 Å². The first-order chi connectivity index (χ1) is 16.0. The second-order valence-electron chi connectivity index (χ2n) is 7.63. The fraction of sp³-hybridized carbons (Fsp3) is 0.292. The molecule has 0 saturated carbocycles. The molecule has 0 aliphatic carbocycles. The molecule has 1 unspecified atom stereocenters. The van der Waals surface area contributed by atoms with Crippen molar-refractivity contribution in [1.82, 2.24) is 4.31 Å². The molecule has 1 aromatic heterocycles. The Morgan fingerprint density at radius 3 is 2.58 bits per heavy atom. The Kier molecular flexibility index (Phi) is 7.32. The lowest BCUT2D eigenvalue weighted by molar-refractivity contribution is -0.120. The molecule has 2 heterocycles. The molecule has 2 aromatic carbocycles. The number of para-hydroxylation sites is 2. The number of amides is 1. The maximum atomic E-state index is 13.0. The largest absolute Gasteiger partial charge is 0.494 e.